The van der Waals surface area contributed by atoms with Gasteiger partial charge in [0.2, 0.25) is 0 Å². The zero-order chi connectivity index (χ0) is 11.8. The molecule has 0 aliphatic carbocycles. The molecule has 0 aromatic heterocycles. The Morgan fingerprint density at radius 2 is 1.88 bits per heavy atom. The van der Waals surface area contributed by atoms with Crippen LogP contribution in [0.5, 0.6) is 0 Å². The van der Waals surface area contributed by atoms with Gasteiger partial charge in [0.15, 0.2) is 0 Å². The van der Waals surface area contributed by atoms with E-state index < -0.39 is 11.0 Å². The summed E-state index contributed by atoms with van der Waals surface area (Å²) in [6.07, 6.45) is 0.460. The summed E-state index contributed by atoms with van der Waals surface area (Å²) in [6.45, 7) is 0.477. The molecule has 90 valence electrons. The summed E-state index contributed by atoms with van der Waals surface area (Å²) in [5, 5.41) is 2.66. The zero-order valence-corrected chi connectivity index (χ0v) is 9.48. The predicted octanol–water partition coefficient (Wildman–Crippen LogP) is -0.299. The van der Waals surface area contributed by atoms with Crippen LogP contribution < -0.4 is 5.32 Å². The molecule has 1 amide bonds. The first-order valence-electron chi connectivity index (χ1n) is 4.80. The first-order valence-corrected chi connectivity index (χ1v) is 5.90. The van der Waals surface area contributed by atoms with Gasteiger partial charge in [-0.2, -0.15) is 0 Å². The van der Waals surface area contributed by atoms with E-state index in [4.69, 9.17) is 0 Å². The third kappa shape index (κ3) is 7.51. The molecular formula is C10H14NNaO4S. The van der Waals surface area contributed by atoms with Crippen molar-refractivity contribution >= 4 is 46.4 Å². The van der Waals surface area contributed by atoms with Gasteiger partial charge < -0.3 is 5.32 Å². The predicted molar refractivity (Wildman–Crippen MR) is 66.8 cm³/mol. The van der Waals surface area contributed by atoms with E-state index >= 15 is 0 Å². The molecule has 0 fully saturated rings. The second-order valence-corrected chi connectivity index (χ2v) is 3.74. The number of hydrogen-bond donors (Lipinski definition) is 2. The fourth-order valence-corrected chi connectivity index (χ4v) is 1.38. The monoisotopic (exact) mass is 267 g/mol. The summed E-state index contributed by atoms with van der Waals surface area (Å²) in [5.74, 6) is -0.174. The van der Waals surface area contributed by atoms with Crippen molar-refractivity contribution in [2.75, 3.05) is 13.2 Å². The van der Waals surface area contributed by atoms with Gasteiger partial charge in [-0.25, -0.2) is 8.42 Å². The molecule has 1 N–H and O–H groups in total. The normalized spacial score (nSPS) is 9.71. The number of benzene rings is 1. The fourth-order valence-electron chi connectivity index (χ4n) is 1.10. The van der Waals surface area contributed by atoms with Gasteiger partial charge in [-0.1, -0.05) is 18.2 Å². The van der Waals surface area contributed by atoms with E-state index in [-0.39, 0.29) is 42.1 Å². The first-order chi connectivity index (χ1) is 7.70. The van der Waals surface area contributed by atoms with Crippen molar-refractivity contribution in [3.63, 3.8) is 0 Å². The molecule has 0 atom stereocenters. The summed E-state index contributed by atoms with van der Waals surface area (Å²) >= 11 is 0. The van der Waals surface area contributed by atoms with E-state index in [0.29, 0.717) is 18.5 Å². The summed E-state index contributed by atoms with van der Waals surface area (Å²) < 4.78 is 24.4. The molecule has 0 radical (unpaired) electrons. The van der Waals surface area contributed by atoms with E-state index in [9.17, 15) is 13.2 Å². The number of nitrogens with one attached hydrogen (secondary N) is 1. The Bertz CT molecular complexity index is 400. The standard InChI is InChI=1S/C10H13NO4S.Na.H/c12-10(9-5-2-1-3-6-9)11-7-4-8-15-16(13)14;;/h1-3,5-6,16H,4,7-8H2,(H,11,12);;. The van der Waals surface area contributed by atoms with Gasteiger partial charge in [0, 0.05) is 12.1 Å². The summed E-state index contributed by atoms with van der Waals surface area (Å²) in [7, 11) is -2.79. The molecule has 1 rings (SSSR count). The van der Waals surface area contributed by atoms with Gasteiger partial charge in [-0.3, -0.25) is 8.98 Å². The molecule has 0 saturated heterocycles. The van der Waals surface area contributed by atoms with Crippen LogP contribution in [0.25, 0.3) is 0 Å². The molecule has 0 saturated carbocycles. The fraction of sp³-hybridized carbons (Fsp3) is 0.300. The first kappa shape index (κ1) is 16.6. The van der Waals surface area contributed by atoms with Crippen molar-refractivity contribution in [1.29, 1.82) is 0 Å². The van der Waals surface area contributed by atoms with Gasteiger partial charge in [0.25, 0.3) is 16.9 Å². The maximum atomic E-state index is 11.5. The van der Waals surface area contributed by atoms with Crippen LogP contribution in [0.2, 0.25) is 0 Å². The van der Waals surface area contributed by atoms with E-state index in [2.05, 4.69) is 9.50 Å². The van der Waals surface area contributed by atoms with Crippen molar-refractivity contribution in [3.8, 4) is 0 Å². The van der Waals surface area contributed by atoms with Crippen molar-refractivity contribution in [3.05, 3.63) is 35.9 Å². The van der Waals surface area contributed by atoms with Gasteiger partial charge in [-0.05, 0) is 18.6 Å². The molecule has 0 bridgehead atoms. The Morgan fingerprint density at radius 1 is 1.24 bits per heavy atom. The van der Waals surface area contributed by atoms with Crippen molar-refractivity contribution in [1.82, 2.24) is 5.32 Å². The number of rotatable bonds is 6. The molecule has 0 unspecified atom stereocenters. The molecular weight excluding hydrogens is 253 g/mol. The molecule has 7 heteroatoms. The van der Waals surface area contributed by atoms with Crippen LogP contribution in [0.3, 0.4) is 0 Å². The topological polar surface area (TPSA) is 72.5 Å². The Balaban J connectivity index is 0.00000256. The van der Waals surface area contributed by atoms with Crippen LogP contribution in [0.1, 0.15) is 16.8 Å². The Hall–Kier alpha value is -0.400. The minimum atomic E-state index is -2.79. The number of amides is 1. The molecule has 0 heterocycles. The average Bonchev–Trinajstić information content (AvgIpc) is 2.29. The Kier molecular flexibility index (Phi) is 9.39. The Labute approximate surface area is 124 Å². The van der Waals surface area contributed by atoms with Crippen molar-refractivity contribution in [2.24, 2.45) is 0 Å². The van der Waals surface area contributed by atoms with Gasteiger partial charge in [-0.15, -0.1) is 0 Å². The average molecular weight is 267 g/mol. The maximum absolute atomic E-state index is 11.5. The van der Waals surface area contributed by atoms with Crippen molar-refractivity contribution < 1.29 is 17.4 Å². The number of hydrogen-bond acceptors (Lipinski definition) is 4. The molecule has 1 aromatic rings. The summed E-state index contributed by atoms with van der Waals surface area (Å²) in [5.41, 5.74) is 0.582. The van der Waals surface area contributed by atoms with Crippen LogP contribution in [0.4, 0.5) is 0 Å². The molecule has 0 aliphatic heterocycles. The molecule has 0 aliphatic rings. The van der Waals surface area contributed by atoms with E-state index in [1.807, 2.05) is 6.07 Å². The van der Waals surface area contributed by atoms with Crippen LogP contribution in [0, 0.1) is 0 Å². The number of thiol groups is 1. The molecule has 17 heavy (non-hydrogen) atoms. The minimum absolute atomic E-state index is 0. The van der Waals surface area contributed by atoms with E-state index in [0.717, 1.165) is 0 Å². The van der Waals surface area contributed by atoms with Crippen LogP contribution >= 0.6 is 0 Å². The quantitative estimate of drug-likeness (QED) is 0.422. The van der Waals surface area contributed by atoms with E-state index in [1.54, 1.807) is 24.3 Å². The zero-order valence-electron chi connectivity index (χ0n) is 8.59. The molecule has 1 aromatic carbocycles. The Morgan fingerprint density at radius 3 is 2.47 bits per heavy atom. The van der Waals surface area contributed by atoms with Crippen LogP contribution in [-0.4, -0.2) is 57.0 Å². The van der Waals surface area contributed by atoms with Crippen LogP contribution in [-0.2, 0) is 15.2 Å². The second kappa shape index (κ2) is 9.61. The third-order valence-corrected chi connectivity index (χ3v) is 2.23. The summed E-state index contributed by atoms with van der Waals surface area (Å²) in [4.78, 5) is 11.5. The molecule has 5 nitrogen and oxygen atoms in total. The SMILES string of the molecule is O=C(NCCCO[SH](=O)=O)c1ccccc1.[NaH]. The van der Waals surface area contributed by atoms with Crippen molar-refractivity contribution in [2.45, 2.75) is 6.42 Å². The van der Waals surface area contributed by atoms with Gasteiger partial charge in [0.1, 0.15) is 0 Å². The van der Waals surface area contributed by atoms with Crippen LogP contribution in [0.15, 0.2) is 30.3 Å². The number of carbonyl (C=O) groups excluding carboxylic acids is 1. The summed E-state index contributed by atoms with van der Waals surface area (Å²) in [6, 6.07) is 8.80. The molecule has 0 spiro atoms. The van der Waals surface area contributed by atoms with Gasteiger partial charge >= 0.3 is 29.6 Å². The van der Waals surface area contributed by atoms with E-state index in [1.165, 1.54) is 0 Å². The number of carbonyl (C=O) groups is 1. The second-order valence-electron chi connectivity index (χ2n) is 3.03. The third-order valence-electron chi connectivity index (χ3n) is 1.84. The van der Waals surface area contributed by atoms with Gasteiger partial charge in [0.05, 0.1) is 6.61 Å².